The first-order chi connectivity index (χ1) is 9.66. The van der Waals surface area contributed by atoms with E-state index in [1.807, 2.05) is 19.1 Å². The van der Waals surface area contributed by atoms with Crippen molar-refractivity contribution in [2.24, 2.45) is 0 Å². The molecule has 0 bridgehead atoms. The minimum absolute atomic E-state index is 0.0342. The molecule has 1 aromatic carbocycles. The van der Waals surface area contributed by atoms with Gasteiger partial charge in [-0.15, -0.1) is 0 Å². The Balaban J connectivity index is 2.02. The van der Waals surface area contributed by atoms with E-state index in [1.54, 1.807) is 12.1 Å². The zero-order valence-electron chi connectivity index (χ0n) is 11.6. The van der Waals surface area contributed by atoms with Gasteiger partial charge in [-0.05, 0) is 32.3 Å². The van der Waals surface area contributed by atoms with E-state index in [0.717, 1.165) is 38.0 Å². The zero-order valence-corrected chi connectivity index (χ0v) is 11.6. The van der Waals surface area contributed by atoms with Gasteiger partial charge in [-0.25, -0.2) is 0 Å². The maximum absolute atomic E-state index is 12.4. The van der Waals surface area contributed by atoms with E-state index >= 15 is 0 Å². The average molecular weight is 285 g/mol. The van der Waals surface area contributed by atoms with Crippen molar-refractivity contribution in [2.75, 3.05) is 13.2 Å². The predicted molar refractivity (Wildman–Crippen MR) is 73.1 cm³/mol. The summed E-state index contributed by atoms with van der Waals surface area (Å²) in [4.78, 5) is 0. The monoisotopic (exact) mass is 285 g/mol. The SMILES string of the molecule is CC(NC1CCCOCC1)c1ccccc1OC(F)F. The maximum Gasteiger partial charge on any atom is 0.387 e. The highest BCUT2D eigenvalue weighted by Gasteiger charge is 2.19. The van der Waals surface area contributed by atoms with Gasteiger partial charge in [-0.3, -0.25) is 0 Å². The molecule has 3 nitrogen and oxygen atoms in total. The molecule has 2 atom stereocenters. The van der Waals surface area contributed by atoms with Gasteiger partial charge in [0, 0.05) is 30.9 Å². The Morgan fingerprint density at radius 1 is 1.25 bits per heavy atom. The summed E-state index contributed by atoms with van der Waals surface area (Å²) < 4.78 is 34.8. The molecular weight excluding hydrogens is 264 g/mol. The lowest BCUT2D eigenvalue weighted by Crippen LogP contribution is -2.32. The van der Waals surface area contributed by atoms with E-state index in [9.17, 15) is 8.78 Å². The maximum atomic E-state index is 12.4. The van der Waals surface area contributed by atoms with Gasteiger partial charge in [0.25, 0.3) is 0 Å². The minimum atomic E-state index is -2.80. The van der Waals surface area contributed by atoms with Crippen LogP contribution < -0.4 is 10.1 Å². The molecule has 1 saturated heterocycles. The molecule has 0 spiro atoms. The molecule has 0 aliphatic carbocycles. The van der Waals surface area contributed by atoms with Crippen molar-refractivity contribution in [1.29, 1.82) is 0 Å². The molecule has 0 amide bonds. The summed E-state index contributed by atoms with van der Waals surface area (Å²) in [5.74, 6) is 0.243. The molecule has 5 heteroatoms. The van der Waals surface area contributed by atoms with E-state index in [2.05, 4.69) is 10.1 Å². The molecule has 1 N–H and O–H groups in total. The van der Waals surface area contributed by atoms with Crippen LogP contribution in [-0.2, 0) is 4.74 Å². The van der Waals surface area contributed by atoms with Crippen molar-refractivity contribution >= 4 is 0 Å². The molecule has 20 heavy (non-hydrogen) atoms. The molecule has 112 valence electrons. The fourth-order valence-corrected chi connectivity index (χ4v) is 2.56. The highest BCUT2D eigenvalue weighted by molar-refractivity contribution is 5.35. The van der Waals surface area contributed by atoms with Crippen molar-refractivity contribution < 1.29 is 18.3 Å². The Morgan fingerprint density at radius 2 is 2.05 bits per heavy atom. The van der Waals surface area contributed by atoms with Crippen LogP contribution in [0, 0.1) is 0 Å². The van der Waals surface area contributed by atoms with Gasteiger partial charge in [0.05, 0.1) is 0 Å². The van der Waals surface area contributed by atoms with Crippen LogP contribution in [0.1, 0.15) is 37.8 Å². The van der Waals surface area contributed by atoms with Gasteiger partial charge < -0.3 is 14.8 Å². The van der Waals surface area contributed by atoms with Crippen LogP contribution >= 0.6 is 0 Å². The fraction of sp³-hybridized carbons (Fsp3) is 0.600. The fourth-order valence-electron chi connectivity index (χ4n) is 2.56. The van der Waals surface area contributed by atoms with E-state index in [-0.39, 0.29) is 11.8 Å². The van der Waals surface area contributed by atoms with Crippen LogP contribution in [0.4, 0.5) is 8.78 Å². The number of halogens is 2. The Hall–Kier alpha value is -1.20. The molecular formula is C15H21F2NO2. The summed E-state index contributed by atoms with van der Waals surface area (Å²) in [6.07, 6.45) is 3.02. The number of benzene rings is 1. The molecule has 1 aliphatic rings. The number of hydrogen-bond donors (Lipinski definition) is 1. The third-order valence-corrected chi connectivity index (χ3v) is 3.54. The summed E-state index contributed by atoms with van der Waals surface area (Å²) in [5.41, 5.74) is 0.762. The van der Waals surface area contributed by atoms with Crippen molar-refractivity contribution in [3.05, 3.63) is 29.8 Å². The van der Waals surface area contributed by atoms with Gasteiger partial charge in [0.1, 0.15) is 5.75 Å². The summed E-state index contributed by atoms with van der Waals surface area (Å²) in [7, 11) is 0. The quantitative estimate of drug-likeness (QED) is 0.898. The van der Waals surface area contributed by atoms with Gasteiger partial charge in [-0.1, -0.05) is 18.2 Å². The van der Waals surface area contributed by atoms with Crippen LogP contribution in [0.5, 0.6) is 5.75 Å². The zero-order chi connectivity index (χ0) is 14.4. The highest BCUT2D eigenvalue weighted by atomic mass is 19.3. The first-order valence-corrected chi connectivity index (χ1v) is 7.04. The number of alkyl halides is 2. The van der Waals surface area contributed by atoms with Crippen LogP contribution in [0.15, 0.2) is 24.3 Å². The molecule has 1 aliphatic heterocycles. The smallest absolute Gasteiger partial charge is 0.387 e. The van der Waals surface area contributed by atoms with E-state index in [1.165, 1.54) is 0 Å². The van der Waals surface area contributed by atoms with Crippen molar-refractivity contribution in [1.82, 2.24) is 5.32 Å². The third-order valence-electron chi connectivity index (χ3n) is 3.54. The van der Waals surface area contributed by atoms with Crippen molar-refractivity contribution in [2.45, 2.75) is 44.9 Å². The Bertz CT molecular complexity index is 407. The molecule has 0 saturated carbocycles. The van der Waals surface area contributed by atoms with Crippen LogP contribution in [0.3, 0.4) is 0 Å². The molecule has 1 heterocycles. The Morgan fingerprint density at radius 3 is 2.85 bits per heavy atom. The van der Waals surface area contributed by atoms with Gasteiger partial charge in [-0.2, -0.15) is 8.78 Å². The molecule has 2 rings (SSSR count). The average Bonchev–Trinajstić information content (AvgIpc) is 2.67. The lowest BCUT2D eigenvalue weighted by atomic mass is 10.0. The summed E-state index contributed by atoms with van der Waals surface area (Å²) >= 11 is 0. The summed E-state index contributed by atoms with van der Waals surface area (Å²) in [6.45, 7) is 0.728. The van der Waals surface area contributed by atoms with Crippen molar-refractivity contribution in [3.63, 3.8) is 0 Å². The van der Waals surface area contributed by atoms with Crippen molar-refractivity contribution in [3.8, 4) is 5.75 Å². The molecule has 1 fully saturated rings. The van der Waals surface area contributed by atoms with Gasteiger partial charge in [0.15, 0.2) is 0 Å². The third kappa shape index (κ3) is 4.42. The number of hydrogen-bond acceptors (Lipinski definition) is 3. The van der Waals surface area contributed by atoms with Crippen LogP contribution in [0.2, 0.25) is 0 Å². The van der Waals surface area contributed by atoms with E-state index in [0.29, 0.717) is 6.04 Å². The van der Waals surface area contributed by atoms with Gasteiger partial charge in [0.2, 0.25) is 0 Å². The topological polar surface area (TPSA) is 30.5 Å². The lowest BCUT2D eigenvalue weighted by molar-refractivity contribution is -0.0506. The Labute approximate surface area is 118 Å². The van der Waals surface area contributed by atoms with Crippen LogP contribution in [0.25, 0.3) is 0 Å². The second-order valence-electron chi connectivity index (χ2n) is 5.04. The second kappa shape index (κ2) is 7.55. The lowest BCUT2D eigenvalue weighted by Gasteiger charge is -2.23. The molecule has 2 unspecified atom stereocenters. The largest absolute Gasteiger partial charge is 0.434 e. The normalized spacial score (nSPS) is 21.5. The molecule has 0 aromatic heterocycles. The number of ether oxygens (including phenoxy) is 2. The van der Waals surface area contributed by atoms with E-state index < -0.39 is 6.61 Å². The second-order valence-corrected chi connectivity index (χ2v) is 5.04. The van der Waals surface area contributed by atoms with Crippen LogP contribution in [-0.4, -0.2) is 25.9 Å². The summed E-state index contributed by atoms with van der Waals surface area (Å²) in [5, 5.41) is 3.48. The standard InChI is InChI=1S/C15H21F2NO2/c1-11(18-12-5-4-9-19-10-8-12)13-6-2-3-7-14(13)20-15(16)17/h2-3,6-7,11-12,15,18H,4-5,8-10H2,1H3. The summed E-state index contributed by atoms with van der Waals surface area (Å²) in [6, 6.07) is 7.26. The first kappa shape index (κ1) is 15.2. The predicted octanol–water partition coefficient (Wildman–Crippen LogP) is 3.51. The Kier molecular flexibility index (Phi) is 5.73. The van der Waals surface area contributed by atoms with E-state index in [4.69, 9.17) is 4.74 Å². The highest BCUT2D eigenvalue weighted by Crippen LogP contribution is 2.27. The molecule has 0 radical (unpaired) electrons. The number of rotatable bonds is 5. The number of nitrogens with one attached hydrogen (secondary N) is 1. The molecule has 1 aromatic rings. The van der Waals surface area contributed by atoms with Gasteiger partial charge >= 0.3 is 6.61 Å². The minimum Gasteiger partial charge on any atom is -0.434 e. The first-order valence-electron chi connectivity index (χ1n) is 7.04. The number of para-hydroxylation sites is 1.